The molecule has 9 nitrogen and oxygen atoms in total. The first-order valence-corrected chi connectivity index (χ1v) is 12.7. The van der Waals surface area contributed by atoms with Crippen LogP contribution in [0.15, 0.2) is 36.0 Å². The van der Waals surface area contributed by atoms with Crippen LogP contribution < -0.4 is 5.32 Å². The summed E-state index contributed by atoms with van der Waals surface area (Å²) in [5, 5.41) is 3.30. The van der Waals surface area contributed by atoms with Gasteiger partial charge < -0.3 is 10.1 Å². The van der Waals surface area contributed by atoms with Crippen LogP contribution in [0.25, 0.3) is 17.0 Å². The number of imidazole rings is 1. The molecule has 0 aliphatic heterocycles. The predicted molar refractivity (Wildman–Crippen MR) is 125 cm³/mol. The van der Waals surface area contributed by atoms with Gasteiger partial charge in [-0.15, -0.1) is 0 Å². The average molecular weight is 471 g/mol. The quantitative estimate of drug-likeness (QED) is 0.568. The Morgan fingerprint density at radius 2 is 1.94 bits per heavy atom. The normalized spacial score (nSPS) is 19.9. The van der Waals surface area contributed by atoms with Crippen molar-refractivity contribution in [2.75, 3.05) is 6.26 Å². The third-order valence-corrected chi connectivity index (χ3v) is 6.41. The second kappa shape index (κ2) is 9.54. The molecular formula is C23H30N6O3S. The van der Waals surface area contributed by atoms with Gasteiger partial charge in [0.1, 0.15) is 5.60 Å². The molecule has 3 heterocycles. The molecule has 1 unspecified atom stereocenters. The molecule has 1 fully saturated rings. The lowest BCUT2D eigenvalue weighted by Crippen LogP contribution is -2.41. The van der Waals surface area contributed by atoms with Crippen LogP contribution in [-0.2, 0) is 22.0 Å². The summed E-state index contributed by atoms with van der Waals surface area (Å²) in [5.41, 5.74) is 2.75. The van der Waals surface area contributed by atoms with E-state index in [4.69, 9.17) is 4.74 Å². The van der Waals surface area contributed by atoms with Gasteiger partial charge in [0, 0.05) is 30.9 Å². The Morgan fingerprint density at radius 1 is 1.18 bits per heavy atom. The molecule has 0 spiro atoms. The number of rotatable bonds is 5. The van der Waals surface area contributed by atoms with Crippen LogP contribution in [0.2, 0.25) is 0 Å². The number of alkyl carbamates (subject to hydrolysis) is 1. The van der Waals surface area contributed by atoms with E-state index in [1.165, 1.54) is 0 Å². The number of hydrogen-bond acceptors (Lipinski definition) is 7. The number of ether oxygens (including phenoxy) is 1. The second-order valence-corrected chi connectivity index (χ2v) is 10.7. The highest BCUT2D eigenvalue weighted by Gasteiger charge is 2.26. The highest BCUT2D eigenvalue weighted by Crippen LogP contribution is 2.29. The minimum atomic E-state index is -1.25. The molecule has 1 aliphatic carbocycles. The van der Waals surface area contributed by atoms with Crippen molar-refractivity contribution in [3.05, 3.63) is 36.5 Å². The van der Waals surface area contributed by atoms with Gasteiger partial charge in [0.2, 0.25) is 5.16 Å². The summed E-state index contributed by atoms with van der Waals surface area (Å²) in [5.74, 6) is 0.480. The Balaban J connectivity index is 1.43. The van der Waals surface area contributed by atoms with E-state index in [1.54, 1.807) is 30.9 Å². The maximum Gasteiger partial charge on any atom is 0.407 e. The number of carbonyl (C=O) groups excluding carboxylic acids is 1. The number of nitrogens with one attached hydrogen (secondary N) is 1. The number of fused-ring (bicyclic) bond motifs is 1. The lowest BCUT2D eigenvalue weighted by atomic mass is 9.83. The number of nitrogens with zero attached hydrogens (tertiary/aromatic N) is 5. The van der Waals surface area contributed by atoms with Gasteiger partial charge in [0.15, 0.2) is 5.65 Å². The first kappa shape index (κ1) is 23.3. The molecule has 1 aliphatic rings. The standard InChI is InChI=1S/C23H30N6O3S/c1-23(2,3)32-22(30)27-16-7-5-15(6-8-16)13-18-20-26-14-19(29(20)12-11-24-18)17-9-10-25-21(28-17)33(4)31/h9-12,14-16H,5-8,13H2,1-4H3,(H,27,30). The van der Waals surface area contributed by atoms with Crippen molar-refractivity contribution in [1.29, 1.82) is 0 Å². The molecule has 10 heteroatoms. The second-order valence-electron chi connectivity index (χ2n) is 9.46. The third-order valence-electron chi connectivity index (χ3n) is 5.70. The van der Waals surface area contributed by atoms with Gasteiger partial charge >= 0.3 is 6.09 Å². The molecule has 1 atom stereocenters. The molecule has 176 valence electrons. The zero-order chi connectivity index (χ0) is 23.6. The van der Waals surface area contributed by atoms with Crippen LogP contribution in [0.1, 0.15) is 52.1 Å². The number of carbonyl (C=O) groups is 1. The highest BCUT2D eigenvalue weighted by atomic mass is 32.2. The first-order chi connectivity index (χ1) is 15.7. The largest absolute Gasteiger partial charge is 0.444 e. The van der Waals surface area contributed by atoms with E-state index in [1.807, 2.05) is 31.4 Å². The summed E-state index contributed by atoms with van der Waals surface area (Å²) in [6.45, 7) is 5.60. The van der Waals surface area contributed by atoms with Crippen molar-refractivity contribution in [3.8, 4) is 11.4 Å². The number of hydrogen-bond donors (Lipinski definition) is 1. The Bertz CT molecular complexity index is 1160. The molecule has 0 bridgehead atoms. The van der Waals surface area contributed by atoms with Gasteiger partial charge in [-0.3, -0.25) is 13.6 Å². The topological polar surface area (TPSA) is 111 Å². The monoisotopic (exact) mass is 470 g/mol. The van der Waals surface area contributed by atoms with Gasteiger partial charge in [0.05, 0.1) is 34.1 Å². The van der Waals surface area contributed by atoms with E-state index in [2.05, 4.69) is 25.3 Å². The van der Waals surface area contributed by atoms with Gasteiger partial charge in [-0.25, -0.2) is 19.7 Å². The summed E-state index contributed by atoms with van der Waals surface area (Å²) in [4.78, 5) is 29.8. The van der Waals surface area contributed by atoms with Crippen molar-refractivity contribution in [1.82, 2.24) is 29.7 Å². The highest BCUT2D eigenvalue weighted by molar-refractivity contribution is 7.84. The molecule has 3 aromatic heterocycles. The maximum atomic E-state index is 12.0. The molecule has 0 saturated heterocycles. The Hall–Kier alpha value is -2.88. The smallest absolute Gasteiger partial charge is 0.407 e. The minimum Gasteiger partial charge on any atom is -0.444 e. The van der Waals surface area contributed by atoms with Crippen molar-refractivity contribution in [2.24, 2.45) is 5.92 Å². The summed E-state index contributed by atoms with van der Waals surface area (Å²) in [6, 6.07) is 1.94. The minimum absolute atomic E-state index is 0.147. The lowest BCUT2D eigenvalue weighted by molar-refractivity contribution is 0.0487. The van der Waals surface area contributed by atoms with Crippen LogP contribution in [0.3, 0.4) is 0 Å². The van der Waals surface area contributed by atoms with Gasteiger partial charge in [0.25, 0.3) is 0 Å². The van der Waals surface area contributed by atoms with Crippen molar-refractivity contribution >= 4 is 22.5 Å². The molecule has 1 N–H and O–H groups in total. The third kappa shape index (κ3) is 5.73. The number of aromatic nitrogens is 5. The first-order valence-electron chi connectivity index (χ1n) is 11.2. The summed E-state index contributed by atoms with van der Waals surface area (Å²) in [6.07, 6.45) is 12.9. The van der Waals surface area contributed by atoms with E-state index in [9.17, 15) is 9.00 Å². The molecule has 4 rings (SSSR count). The van der Waals surface area contributed by atoms with Crippen LogP contribution in [0.4, 0.5) is 4.79 Å². The molecule has 3 aromatic rings. The number of amides is 1. The maximum absolute atomic E-state index is 12.0. The summed E-state index contributed by atoms with van der Waals surface area (Å²) < 4.78 is 19.1. The van der Waals surface area contributed by atoms with E-state index in [0.717, 1.165) is 49.1 Å². The van der Waals surface area contributed by atoms with E-state index >= 15 is 0 Å². The van der Waals surface area contributed by atoms with E-state index in [-0.39, 0.29) is 12.1 Å². The molecule has 33 heavy (non-hydrogen) atoms. The van der Waals surface area contributed by atoms with Crippen LogP contribution in [0.5, 0.6) is 0 Å². The van der Waals surface area contributed by atoms with Gasteiger partial charge in [-0.1, -0.05) is 0 Å². The van der Waals surface area contributed by atoms with Crippen molar-refractivity contribution in [3.63, 3.8) is 0 Å². The van der Waals surface area contributed by atoms with Crippen molar-refractivity contribution in [2.45, 2.75) is 69.7 Å². The van der Waals surface area contributed by atoms with E-state index in [0.29, 0.717) is 16.8 Å². The summed E-state index contributed by atoms with van der Waals surface area (Å²) >= 11 is 0. The molecule has 0 radical (unpaired) electrons. The van der Waals surface area contributed by atoms with Gasteiger partial charge in [-0.2, -0.15) is 0 Å². The Morgan fingerprint density at radius 3 is 2.64 bits per heavy atom. The Kier molecular flexibility index (Phi) is 6.73. The average Bonchev–Trinajstić information content (AvgIpc) is 3.19. The van der Waals surface area contributed by atoms with E-state index < -0.39 is 16.4 Å². The lowest BCUT2D eigenvalue weighted by Gasteiger charge is -2.30. The van der Waals surface area contributed by atoms with Crippen LogP contribution in [0, 0.1) is 5.92 Å². The fourth-order valence-electron chi connectivity index (χ4n) is 4.19. The zero-order valence-corrected chi connectivity index (χ0v) is 20.3. The van der Waals surface area contributed by atoms with Crippen molar-refractivity contribution < 1.29 is 13.7 Å². The molecular weight excluding hydrogens is 440 g/mol. The zero-order valence-electron chi connectivity index (χ0n) is 19.4. The van der Waals surface area contributed by atoms with Gasteiger partial charge in [-0.05, 0) is 64.9 Å². The SMILES string of the molecule is CS(=O)c1nccc(-c2cnc3c(CC4CCC(NC(=O)OC(C)(C)C)CC4)nccn23)n1. The Labute approximate surface area is 195 Å². The predicted octanol–water partition coefficient (Wildman–Crippen LogP) is 3.55. The van der Waals surface area contributed by atoms with Crippen LogP contribution >= 0.6 is 0 Å². The molecule has 1 amide bonds. The molecule has 1 saturated carbocycles. The fraction of sp³-hybridized carbons (Fsp3) is 0.522. The fourth-order valence-corrected chi connectivity index (χ4v) is 4.62. The summed E-state index contributed by atoms with van der Waals surface area (Å²) in [7, 11) is -1.25. The van der Waals surface area contributed by atoms with Crippen LogP contribution in [-0.4, -0.2) is 52.5 Å². The molecule has 0 aromatic carbocycles.